The Morgan fingerprint density at radius 1 is 0.853 bits per heavy atom. The van der Waals surface area contributed by atoms with Gasteiger partial charge in [0.2, 0.25) is 5.91 Å². The highest BCUT2D eigenvalue weighted by atomic mass is 35.5. The fraction of sp³-hybridized carbons (Fsp3) is 0.200. The average molecular weight is 487 g/mol. The van der Waals surface area contributed by atoms with Gasteiger partial charge in [-0.2, -0.15) is 13.2 Å². The minimum absolute atomic E-state index is 0.0928. The van der Waals surface area contributed by atoms with Crippen molar-refractivity contribution in [2.75, 3.05) is 5.06 Å². The summed E-state index contributed by atoms with van der Waals surface area (Å²) in [5, 5.41) is 1.90. The SMILES string of the molecule is O=C1[C@@H]2[C@@H](c3ccc(C(F)(F)F)cc3)N(c3ccc(Cl)cc3)O[C@H]2C(=O)N1Cc1ccccc1. The van der Waals surface area contributed by atoms with Gasteiger partial charge in [0, 0.05) is 5.02 Å². The third kappa shape index (κ3) is 3.93. The fourth-order valence-electron chi connectivity index (χ4n) is 4.41. The summed E-state index contributed by atoms with van der Waals surface area (Å²) in [5.41, 5.74) is 0.936. The summed E-state index contributed by atoms with van der Waals surface area (Å²) in [6, 6.07) is 19.4. The standard InChI is InChI=1S/C25H18ClF3N2O3/c26-18-10-12-19(13-11-18)31-21(16-6-8-17(9-7-16)25(27,28)29)20-22(34-31)24(33)30(23(20)32)14-15-4-2-1-3-5-15/h1-13,20-22H,14H2/t20-,21-,22-/m1/s1. The van der Waals surface area contributed by atoms with Crippen LogP contribution in [0.15, 0.2) is 78.9 Å². The number of imide groups is 1. The molecule has 0 unspecified atom stereocenters. The zero-order valence-electron chi connectivity index (χ0n) is 17.6. The molecule has 9 heteroatoms. The number of hydrogen-bond donors (Lipinski definition) is 0. The Morgan fingerprint density at radius 3 is 2.12 bits per heavy atom. The largest absolute Gasteiger partial charge is 0.416 e. The Kier molecular flexibility index (Phi) is 5.58. The number of benzene rings is 3. The maximum Gasteiger partial charge on any atom is 0.416 e. The highest BCUT2D eigenvalue weighted by Gasteiger charge is 2.59. The van der Waals surface area contributed by atoms with Gasteiger partial charge < -0.3 is 0 Å². The predicted octanol–water partition coefficient (Wildman–Crippen LogP) is 5.41. The van der Waals surface area contributed by atoms with Gasteiger partial charge in [0.15, 0.2) is 6.10 Å². The molecule has 5 nitrogen and oxygen atoms in total. The van der Waals surface area contributed by atoms with Gasteiger partial charge in [0.1, 0.15) is 5.92 Å². The molecule has 0 bridgehead atoms. The van der Waals surface area contributed by atoms with Crippen molar-refractivity contribution in [2.24, 2.45) is 5.92 Å². The maximum absolute atomic E-state index is 13.4. The van der Waals surface area contributed by atoms with Crippen LogP contribution < -0.4 is 5.06 Å². The maximum atomic E-state index is 13.4. The molecule has 174 valence electrons. The third-order valence-corrected chi connectivity index (χ3v) is 6.30. The molecule has 2 saturated heterocycles. The first kappa shape index (κ1) is 22.4. The van der Waals surface area contributed by atoms with Crippen LogP contribution in [0, 0.1) is 5.92 Å². The predicted molar refractivity (Wildman–Crippen MR) is 118 cm³/mol. The Bertz CT molecular complexity index is 1220. The van der Waals surface area contributed by atoms with E-state index in [2.05, 4.69) is 0 Å². The van der Waals surface area contributed by atoms with Gasteiger partial charge >= 0.3 is 6.18 Å². The van der Waals surface area contributed by atoms with Crippen LogP contribution in [0.1, 0.15) is 22.7 Å². The van der Waals surface area contributed by atoms with E-state index in [1.807, 2.05) is 30.3 Å². The summed E-state index contributed by atoms with van der Waals surface area (Å²) in [6.45, 7) is 0.0928. The lowest BCUT2D eigenvalue weighted by atomic mass is 9.90. The summed E-state index contributed by atoms with van der Waals surface area (Å²) < 4.78 is 39.3. The fourth-order valence-corrected chi connectivity index (χ4v) is 4.54. The summed E-state index contributed by atoms with van der Waals surface area (Å²) in [5.74, 6) is -1.82. The van der Waals surface area contributed by atoms with Crippen LogP contribution in [0.4, 0.5) is 18.9 Å². The number of nitrogens with zero attached hydrogens (tertiary/aromatic N) is 2. The van der Waals surface area contributed by atoms with E-state index < -0.39 is 41.6 Å². The molecule has 0 aliphatic carbocycles. The van der Waals surface area contributed by atoms with E-state index in [9.17, 15) is 22.8 Å². The Labute approximate surface area is 198 Å². The molecule has 3 atom stereocenters. The number of anilines is 1. The molecule has 2 fully saturated rings. The highest BCUT2D eigenvalue weighted by Crippen LogP contribution is 2.47. The smallest absolute Gasteiger partial charge is 0.275 e. The zero-order chi connectivity index (χ0) is 24.0. The lowest BCUT2D eigenvalue weighted by Gasteiger charge is -2.29. The number of fused-ring (bicyclic) bond motifs is 1. The number of likely N-dealkylation sites (tertiary alicyclic amines) is 1. The first-order valence-electron chi connectivity index (χ1n) is 10.5. The quantitative estimate of drug-likeness (QED) is 0.463. The molecule has 34 heavy (non-hydrogen) atoms. The van der Waals surface area contributed by atoms with Crippen LogP contribution in [0.25, 0.3) is 0 Å². The molecular formula is C25H18ClF3N2O3. The molecular weight excluding hydrogens is 469 g/mol. The number of amides is 2. The minimum Gasteiger partial charge on any atom is -0.275 e. The van der Waals surface area contributed by atoms with Crippen LogP contribution >= 0.6 is 11.6 Å². The summed E-state index contributed by atoms with van der Waals surface area (Å²) in [4.78, 5) is 33.8. The normalized spacial score (nSPS) is 22.4. The Morgan fingerprint density at radius 2 is 1.50 bits per heavy atom. The molecule has 0 spiro atoms. The van der Waals surface area contributed by atoms with E-state index in [0.29, 0.717) is 16.3 Å². The lowest BCUT2D eigenvalue weighted by Crippen LogP contribution is -2.37. The van der Waals surface area contributed by atoms with Gasteiger partial charge in [-0.05, 0) is 47.5 Å². The summed E-state index contributed by atoms with van der Waals surface area (Å²) in [7, 11) is 0. The van der Waals surface area contributed by atoms with Crippen molar-refractivity contribution >= 4 is 29.1 Å². The molecule has 2 amide bonds. The monoisotopic (exact) mass is 486 g/mol. The molecule has 2 heterocycles. The van der Waals surface area contributed by atoms with Crippen molar-refractivity contribution in [1.29, 1.82) is 0 Å². The molecule has 3 aromatic carbocycles. The first-order chi connectivity index (χ1) is 16.2. The topological polar surface area (TPSA) is 49.9 Å². The van der Waals surface area contributed by atoms with Crippen molar-refractivity contribution in [2.45, 2.75) is 24.9 Å². The summed E-state index contributed by atoms with van der Waals surface area (Å²) >= 11 is 5.99. The number of alkyl halides is 3. The van der Waals surface area contributed by atoms with Crippen LogP contribution in [-0.2, 0) is 27.1 Å². The second-order valence-corrected chi connectivity index (χ2v) is 8.60. The van der Waals surface area contributed by atoms with Gasteiger partial charge in [-0.15, -0.1) is 0 Å². The van der Waals surface area contributed by atoms with Gasteiger partial charge in [-0.25, -0.2) is 5.06 Å². The number of carbonyl (C=O) groups excluding carboxylic acids is 2. The van der Waals surface area contributed by atoms with E-state index in [1.165, 1.54) is 17.2 Å². The minimum atomic E-state index is -4.49. The van der Waals surface area contributed by atoms with Gasteiger partial charge in [-0.1, -0.05) is 54.1 Å². The van der Waals surface area contributed by atoms with Crippen molar-refractivity contribution in [3.05, 3.63) is 101 Å². The van der Waals surface area contributed by atoms with Gasteiger partial charge in [0.05, 0.1) is 23.8 Å². The number of halogens is 4. The van der Waals surface area contributed by atoms with Crippen LogP contribution in [0.3, 0.4) is 0 Å². The lowest BCUT2D eigenvalue weighted by molar-refractivity contribution is -0.144. The van der Waals surface area contributed by atoms with Gasteiger partial charge in [0.25, 0.3) is 5.91 Å². The van der Waals surface area contributed by atoms with E-state index >= 15 is 0 Å². The molecule has 0 aromatic heterocycles. The molecule has 2 aliphatic rings. The van der Waals surface area contributed by atoms with E-state index in [4.69, 9.17) is 16.4 Å². The van der Waals surface area contributed by atoms with E-state index in [-0.39, 0.29) is 6.54 Å². The van der Waals surface area contributed by atoms with Crippen LogP contribution in [0.5, 0.6) is 0 Å². The number of carbonyl (C=O) groups is 2. The molecule has 2 aliphatic heterocycles. The van der Waals surface area contributed by atoms with Crippen LogP contribution in [-0.4, -0.2) is 22.8 Å². The molecule has 0 N–H and O–H groups in total. The van der Waals surface area contributed by atoms with Crippen molar-refractivity contribution in [3.63, 3.8) is 0 Å². The Balaban J connectivity index is 1.52. The van der Waals surface area contributed by atoms with Gasteiger partial charge in [-0.3, -0.25) is 19.3 Å². The van der Waals surface area contributed by atoms with E-state index in [1.54, 1.807) is 24.3 Å². The highest BCUT2D eigenvalue weighted by molar-refractivity contribution is 6.30. The zero-order valence-corrected chi connectivity index (χ0v) is 18.3. The first-order valence-corrected chi connectivity index (χ1v) is 10.9. The number of rotatable bonds is 4. The second kappa shape index (κ2) is 8.45. The second-order valence-electron chi connectivity index (χ2n) is 8.17. The number of hydroxylamine groups is 1. The molecule has 0 radical (unpaired) electrons. The third-order valence-electron chi connectivity index (χ3n) is 6.05. The summed E-state index contributed by atoms with van der Waals surface area (Å²) in [6.07, 6.45) is -5.58. The van der Waals surface area contributed by atoms with E-state index in [0.717, 1.165) is 22.6 Å². The van der Waals surface area contributed by atoms with Crippen molar-refractivity contribution in [1.82, 2.24) is 4.90 Å². The average Bonchev–Trinajstić information content (AvgIpc) is 3.32. The van der Waals surface area contributed by atoms with Crippen molar-refractivity contribution < 1.29 is 27.6 Å². The molecule has 0 saturated carbocycles. The molecule has 5 rings (SSSR count). The number of hydrogen-bond acceptors (Lipinski definition) is 4. The van der Waals surface area contributed by atoms with Crippen molar-refractivity contribution in [3.8, 4) is 0 Å². The Hall–Kier alpha value is -3.36. The molecule has 3 aromatic rings. The van der Waals surface area contributed by atoms with Crippen LogP contribution in [0.2, 0.25) is 5.02 Å².